The first-order valence-corrected chi connectivity index (χ1v) is 6.33. The van der Waals surface area contributed by atoms with Gasteiger partial charge in [0.1, 0.15) is 13.0 Å². The summed E-state index contributed by atoms with van der Waals surface area (Å²) in [7, 11) is 0. The van der Waals surface area contributed by atoms with E-state index >= 15 is 0 Å². The van der Waals surface area contributed by atoms with Crippen molar-refractivity contribution in [1.29, 1.82) is 0 Å². The molecule has 0 aliphatic carbocycles. The van der Waals surface area contributed by atoms with Gasteiger partial charge in [-0.3, -0.25) is 0 Å². The van der Waals surface area contributed by atoms with Crippen LogP contribution in [-0.4, -0.2) is 38.8 Å². The van der Waals surface area contributed by atoms with Crippen molar-refractivity contribution in [2.75, 3.05) is 18.1 Å². The molecule has 0 amide bonds. The third-order valence-electron chi connectivity index (χ3n) is 3.55. The Morgan fingerprint density at radius 1 is 1.39 bits per heavy atom. The number of alkyl halides is 1. The van der Waals surface area contributed by atoms with Crippen molar-refractivity contribution in [2.24, 2.45) is 0 Å². The molecular weight excluding hydrogens is 233 g/mol. The second-order valence-electron chi connectivity index (χ2n) is 4.54. The predicted octanol–water partition coefficient (Wildman–Crippen LogP) is 1.78. The van der Waals surface area contributed by atoms with E-state index in [1.165, 1.54) is 0 Å². The molecule has 3 rings (SSSR count). The van der Waals surface area contributed by atoms with Gasteiger partial charge in [0.05, 0.1) is 12.4 Å². The molecule has 3 heterocycles. The zero-order valence-corrected chi connectivity index (χ0v) is 10.4. The van der Waals surface area contributed by atoms with Crippen LogP contribution in [0.25, 0.3) is 11.2 Å². The number of aromatic nitrogens is 4. The molecule has 0 radical (unpaired) electrons. The molecule has 0 saturated carbocycles. The van der Waals surface area contributed by atoms with Gasteiger partial charge >= 0.3 is 0 Å². The van der Waals surface area contributed by atoms with Gasteiger partial charge in [0.2, 0.25) is 0 Å². The highest BCUT2D eigenvalue weighted by Crippen LogP contribution is 2.28. The molecule has 1 saturated heterocycles. The van der Waals surface area contributed by atoms with E-state index in [1.807, 2.05) is 16.4 Å². The van der Waals surface area contributed by atoms with Gasteiger partial charge in [0.15, 0.2) is 17.0 Å². The standard InChI is InChI=1S/C12H16FN5/c1-2-17-8-16-10-11(17)14-7-15-12(10)18-5-3-4-9(18)6-13/h7-9H,2-6H2,1H3/t9-/m0/s1. The van der Waals surface area contributed by atoms with Gasteiger partial charge in [-0.2, -0.15) is 0 Å². The number of hydrogen-bond donors (Lipinski definition) is 0. The third kappa shape index (κ3) is 1.63. The number of halogens is 1. The minimum Gasteiger partial charge on any atom is -0.349 e. The van der Waals surface area contributed by atoms with Crippen molar-refractivity contribution in [3.8, 4) is 0 Å². The van der Waals surface area contributed by atoms with Gasteiger partial charge in [0.25, 0.3) is 0 Å². The van der Waals surface area contributed by atoms with E-state index in [0.29, 0.717) is 0 Å². The summed E-state index contributed by atoms with van der Waals surface area (Å²) in [6.07, 6.45) is 5.20. The third-order valence-corrected chi connectivity index (χ3v) is 3.55. The Balaban J connectivity index is 2.09. The number of anilines is 1. The average molecular weight is 249 g/mol. The molecule has 96 valence electrons. The maximum Gasteiger partial charge on any atom is 0.165 e. The van der Waals surface area contributed by atoms with Crippen molar-refractivity contribution >= 4 is 17.0 Å². The highest BCUT2D eigenvalue weighted by molar-refractivity contribution is 5.83. The molecule has 1 aliphatic rings. The Kier molecular flexibility index (Phi) is 2.85. The lowest BCUT2D eigenvalue weighted by atomic mass is 10.2. The van der Waals surface area contributed by atoms with Crippen molar-refractivity contribution < 1.29 is 4.39 Å². The summed E-state index contributed by atoms with van der Waals surface area (Å²) in [5, 5.41) is 0. The molecule has 0 unspecified atom stereocenters. The Hall–Kier alpha value is -1.72. The summed E-state index contributed by atoms with van der Waals surface area (Å²) in [6, 6.07) is -0.0603. The highest BCUT2D eigenvalue weighted by atomic mass is 19.1. The SMILES string of the molecule is CCn1cnc2c(N3CCC[C@H]3CF)ncnc21. The van der Waals surface area contributed by atoms with E-state index in [-0.39, 0.29) is 12.7 Å². The van der Waals surface area contributed by atoms with E-state index in [0.717, 1.165) is 42.9 Å². The van der Waals surface area contributed by atoms with Crippen LogP contribution in [0, 0.1) is 0 Å². The number of aryl methyl sites for hydroxylation is 1. The van der Waals surface area contributed by atoms with Crippen LogP contribution in [0.4, 0.5) is 10.2 Å². The average Bonchev–Trinajstić information content (AvgIpc) is 3.04. The van der Waals surface area contributed by atoms with Gasteiger partial charge in [0, 0.05) is 13.1 Å². The molecule has 1 fully saturated rings. The van der Waals surface area contributed by atoms with E-state index < -0.39 is 0 Å². The number of imidazole rings is 1. The molecule has 1 aliphatic heterocycles. The first kappa shape index (κ1) is 11.4. The molecule has 5 nitrogen and oxygen atoms in total. The van der Waals surface area contributed by atoms with Crippen LogP contribution >= 0.6 is 0 Å². The highest BCUT2D eigenvalue weighted by Gasteiger charge is 2.27. The molecule has 0 bridgehead atoms. The maximum atomic E-state index is 13.0. The number of nitrogens with zero attached hydrogens (tertiary/aromatic N) is 5. The zero-order valence-electron chi connectivity index (χ0n) is 10.4. The van der Waals surface area contributed by atoms with Gasteiger partial charge in [-0.15, -0.1) is 0 Å². The van der Waals surface area contributed by atoms with E-state index in [2.05, 4.69) is 15.0 Å². The molecule has 6 heteroatoms. The summed E-state index contributed by atoms with van der Waals surface area (Å²) in [6.45, 7) is 3.38. The van der Waals surface area contributed by atoms with Crippen LogP contribution in [0.2, 0.25) is 0 Å². The Bertz CT molecular complexity index is 552. The molecule has 0 N–H and O–H groups in total. The number of hydrogen-bond acceptors (Lipinski definition) is 4. The first-order valence-electron chi connectivity index (χ1n) is 6.33. The second kappa shape index (κ2) is 4.51. The fraction of sp³-hybridized carbons (Fsp3) is 0.583. The lowest BCUT2D eigenvalue weighted by Gasteiger charge is -2.23. The van der Waals surface area contributed by atoms with Crippen molar-refractivity contribution in [2.45, 2.75) is 32.4 Å². The molecule has 2 aromatic rings. The van der Waals surface area contributed by atoms with Gasteiger partial charge in [-0.05, 0) is 19.8 Å². The van der Waals surface area contributed by atoms with Crippen LogP contribution < -0.4 is 4.90 Å². The van der Waals surface area contributed by atoms with Crippen LogP contribution in [-0.2, 0) is 6.54 Å². The van der Waals surface area contributed by atoms with Crippen molar-refractivity contribution in [1.82, 2.24) is 19.5 Å². The van der Waals surface area contributed by atoms with E-state index in [4.69, 9.17) is 0 Å². The lowest BCUT2D eigenvalue weighted by molar-refractivity contribution is 0.427. The molecule has 2 aromatic heterocycles. The van der Waals surface area contributed by atoms with Crippen LogP contribution in [0.1, 0.15) is 19.8 Å². The van der Waals surface area contributed by atoms with Crippen LogP contribution in [0.3, 0.4) is 0 Å². The molecule has 0 aromatic carbocycles. The quantitative estimate of drug-likeness (QED) is 0.832. The van der Waals surface area contributed by atoms with Crippen molar-refractivity contribution in [3.05, 3.63) is 12.7 Å². The fourth-order valence-electron chi connectivity index (χ4n) is 2.58. The molecule has 1 atom stereocenters. The van der Waals surface area contributed by atoms with E-state index in [9.17, 15) is 4.39 Å². The number of fused-ring (bicyclic) bond motifs is 1. The minimum absolute atomic E-state index is 0.0603. The predicted molar refractivity (Wildman–Crippen MR) is 67.3 cm³/mol. The molecular formula is C12H16FN5. The smallest absolute Gasteiger partial charge is 0.165 e. The Morgan fingerprint density at radius 2 is 2.28 bits per heavy atom. The molecule has 18 heavy (non-hydrogen) atoms. The summed E-state index contributed by atoms with van der Waals surface area (Å²) < 4.78 is 15.0. The van der Waals surface area contributed by atoms with Crippen LogP contribution in [0.5, 0.6) is 0 Å². The van der Waals surface area contributed by atoms with E-state index in [1.54, 1.807) is 12.7 Å². The summed E-state index contributed by atoms with van der Waals surface area (Å²) in [4.78, 5) is 15.0. The topological polar surface area (TPSA) is 46.8 Å². The minimum atomic E-state index is -0.333. The fourth-order valence-corrected chi connectivity index (χ4v) is 2.58. The monoisotopic (exact) mass is 249 g/mol. The molecule has 0 spiro atoms. The first-order chi connectivity index (χ1) is 8.85. The largest absolute Gasteiger partial charge is 0.349 e. The summed E-state index contributed by atoms with van der Waals surface area (Å²) >= 11 is 0. The van der Waals surface area contributed by atoms with Gasteiger partial charge in [-0.25, -0.2) is 19.3 Å². The van der Waals surface area contributed by atoms with Crippen LogP contribution in [0.15, 0.2) is 12.7 Å². The lowest BCUT2D eigenvalue weighted by Crippen LogP contribution is -2.31. The zero-order chi connectivity index (χ0) is 12.5. The Labute approximate surface area is 105 Å². The number of rotatable bonds is 3. The summed E-state index contributed by atoms with van der Waals surface area (Å²) in [5.41, 5.74) is 1.60. The van der Waals surface area contributed by atoms with Gasteiger partial charge < -0.3 is 9.47 Å². The maximum absolute atomic E-state index is 13.0. The van der Waals surface area contributed by atoms with Gasteiger partial charge in [-0.1, -0.05) is 0 Å². The summed E-state index contributed by atoms with van der Waals surface area (Å²) in [5.74, 6) is 0.771. The Morgan fingerprint density at radius 3 is 3.06 bits per heavy atom. The normalized spacial score (nSPS) is 19.9. The second-order valence-corrected chi connectivity index (χ2v) is 4.54. The van der Waals surface area contributed by atoms with Crippen molar-refractivity contribution in [3.63, 3.8) is 0 Å².